The molecular weight excluding hydrogens is 202 g/mol. The number of methoxy groups -OCH3 is 1. The smallest absolute Gasteiger partial charge is 0.161 e. The van der Waals surface area contributed by atoms with Gasteiger partial charge < -0.3 is 9.47 Å². The Balaban J connectivity index is 2.05. The molecule has 2 rings (SSSR count). The van der Waals surface area contributed by atoms with Crippen LogP contribution in [0.2, 0.25) is 0 Å². The van der Waals surface area contributed by atoms with Gasteiger partial charge in [-0.15, -0.1) is 0 Å². The van der Waals surface area contributed by atoms with Crippen molar-refractivity contribution in [3.63, 3.8) is 0 Å². The number of aromatic nitrogens is 1. The summed E-state index contributed by atoms with van der Waals surface area (Å²) in [5, 5.41) is 0. The number of benzene rings is 1. The summed E-state index contributed by atoms with van der Waals surface area (Å²) in [6.07, 6.45) is 3.52. The minimum absolute atomic E-state index is 0.480. The van der Waals surface area contributed by atoms with Crippen LogP contribution in [0.4, 0.5) is 0 Å². The van der Waals surface area contributed by atoms with Crippen LogP contribution in [0.25, 0.3) is 0 Å². The van der Waals surface area contributed by atoms with Crippen molar-refractivity contribution in [1.29, 1.82) is 0 Å². The van der Waals surface area contributed by atoms with E-state index in [-0.39, 0.29) is 0 Å². The highest BCUT2D eigenvalue weighted by molar-refractivity contribution is 5.38. The van der Waals surface area contributed by atoms with Crippen LogP contribution < -0.4 is 9.47 Å². The van der Waals surface area contributed by atoms with Crippen molar-refractivity contribution < 1.29 is 9.47 Å². The van der Waals surface area contributed by atoms with E-state index >= 15 is 0 Å². The summed E-state index contributed by atoms with van der Waals surface area (Å²) in [4.78, 5) is 4.02. The molecule has 81 valence electrons. The van der Waals surface area contributed by atoms with Gasteiger partial charge in [-0.2, -0.15) is 0 Å². The summed E-state index contributed by atoms with van der Waals surface area (Å²) in [5.41, 5.74) is 1.03. The molecule has 3 heteroatoms. The van der Waals surface area contributed by atoms with Gasteiger partial charge in [-0.25, -0.2) is 0 Å². The lowest BCUT2D eigenvalue weighted by Gasteiger charge is -2.09. The van der Waals surface area contributed by atoms with Crippen LogP contribution >= 0.6 is 0 Å². The molecule has 16 heavy (non-hydrogen) atoms. The number of pyridine rings is 1. The fourth-order valence-electron chi connectivity index (χ4n) is 1.32. The van der Waals surface area contributed by atoms with Gasteiger partial charge in [0.25, 0.3) is 0 Å². The van der Waals surface area contributed by atoms with Crippen molar-refractivity contribution in [1.82, 2.24) is 4.98 Å². The molecule has 0 N–H and O–H groups in total. The molecular formula is C13H12NO2. The van der Waals surface area contributed by atoms with Gasteiger partial charge >= 0.3 is 0 Å². The molecule has 0 saturated heterocycles. The summed E-state index contributed by atoms with van der Waals surface area (Å²) in [6, 6.07) is 12.2. The molecule has 0 amide bonds. The van der Waals surface area contributed by atoms with Crippen LogP contribution in [0.1, 0.15) is 5.56 Å². The average Bonchev–Trinajstić information content (AvgIpc) is 2.38. The SMILES string of the molecule is COc1c[c]ccc1OCc1cccnc1. The third kappa shape index (κ3) is 2.51. The van der Waals surface area contributed by atoms with Gasteiger partial charge in [-0.05, 0) is 24.3 Å². The van der Waals surface area contributed by atoms with E-state index in [0.717, 1.165) is 5.56 Å². The lowest BCUT2D eigenvalue weighted by Crippen LogP contribution is -1.97. The van der Waals surface area contributed by atoms with Gasteiger partial charge in [0.05, 0.1) is 7.11 Å². The Kier molecular flexibility index (Phi) is 3.38. The Bertz CT molecular complexity index is 443. The largest absolute Gasteiger partial charge is 0.493 e. The fraction of sp³-hybridized carbons (Fsp3) is 0.154. The second-order valence-electron chi connectivity index (χ2n) is 3.23. The molecule has 0 spiro atoms. The molecule has 1 radical (unpaired) electrons. The molecule has 1 aromatic heterocycles. The van der Waals surface area contributed by atoms with Gasteiger partial charge in [-0.3, -0.25) is 4.98 Å². The number of hydrogen-bond acceptors (Lipinski definition) is 3. The Morgan fingerprint density at radius 2 is 2.25 bits per heavy atom. The first-order chi connectivity index (χ1) is 7.90. The summed E-state index contributed by atoms with van der Waals surface area (Å²) < 4.78 is 10.8. The number of ether oxygens (including phenoxy) is 2. The molecule has 0 atom stereocenters. The fourth-order valence-corrected chi connectivity index (χ4v) is 1.32. The van der Waals surface area contributed by atoms with Crippen molar-refractivity contribution >= 4 is 0 Å². The molecule has 0 fully saturated rings. The van der Waals surface area contributed by atoms with E-state index in [1.165, 1.54) is 0 Å². The second kappa shape index (κ2) is 5.16. The zero-order chi connectivity index (χ0) is 11.2. The second-order valence-corrected chi connectivity index (χ2v) is 3.23. The van der Waals surface area contributed by atoms with Gasteiger partial charge in [0.1, 0.15) is 6.61 Å². The Hall–Kier alpha value is -2.03. The Labute approximate surface area is 94.7 Å². The lowest BCUT2D eigenvalue weighted by atomic mass is 10.3. The van der Waals surface area contributed by atoms with Gasteiger partial charge in [-0.1, -0.05) is 12.1 Å². The van der Waals surface area contributed by atoms with E-state index in [1.54, 1.807) is 31.6 Å². The monoisotopic (exact) mass is 214 g/mol. The summed E-state index contributed by atoms with van der Waals surface area (Å²) in [7, 11) is 1.61. The van der Waals surface area contributed by atoms with Crippen LogP contribution in [0.5, 0.6) is 11.5 Å². The zero-order valence-electron chi connectivity index (χ0n) is 9.01. The van der Waals surface area contributed by atoms with Crippen LogP contribution in [-0.2, 0) is 6.61 Å². The van der Waals surface area contributed by atoms with Crippen molar-refractivity contribution in [3.8, 4) is 11.5 Å². The first-order valence-corrected chi connectivity index (χ1v) is 4.96. The van der Waals surface area contributed by atoms with Crippen LogP contribution in [0.15, 0.2) is 42.7 Å². The first kappa shape index (κ1) is 10.5. The molecule has 2 aromatic rings. The third-order valence-corrected chi connectivity index (χ3v) is 2.13. The van der Waals surface area contributed by atoms with E-state index in [4.69, 9.17) is 9.47 Å². The zero-order valence-corrected chi connectivity index (χ0v) is 9.01. The van der Waals surface area contributed by atoms with Crippen LogP contribution in [-0.4, -0.2) is 12.1 Å². The summed E-state index contributed by atoms with van der Waals surface area (Å²) in [5.74, 6) is 1.40. The first-order valence-electron chi connectivity index (χ1n) is 4.96. The highest BCUT2D eigenvalue weighted by Gasteiger charge is 2.02. The van der Waals surface area contributed by atoms with E-state index in [9.17, 15) is 0 Å². The van der Waals surface area contributed by atoms with E-state index in [2.05, 4.69) is 11.1 Å². The minimum Gasteiger partial charge on any atom is -0.493 e. The molecule has 0 unspecified atom stereocenters. The lowest BCUT2D eigenvalue weighted by molar-refractivity contribution is 0.284. The van der Waals surface area contributed by atoms with Crippen LogP contribution in [0, 0.1) is 6.07 Å². The summed E-state index contributed by atoms with van der Waals surface area (Å²) in [6.45, 7) is 0.480. The predicted molar refractivity (Wildman–Crippen MR) is 60.4 cm³/mol. The molecule has 0 aliphatic rings. The number of rotatable bonds is 4. The third-order valence-electron chi connectivity index (χ3n) is 2.13. The molecule has 0 aliphatic heterocycles. The molecule has 0 saturated carbocycles. The maximum absolute atomic E-state index is 5.63. The number of hydrogen-bond donors (Lipinski definition) is 0. The molecule has 0 aliphatic carbocycles. The number of nitrogens with zero attached hydrogens (tertiary/aromatic N) is 1. The minimum atomic E-state index is 0.480. The van der Waals surface area contributed by atoms with Gasteiger partial charge in [0.2, 0.25) is 0 Å². The van der Waals surface area contributed by atoms with Gasteiger partial charge in [0.15, 0.2) is 11.5 Å². The Morgan fingerprint density at radius 3 is 3.00 bits per heavy atom. The molecule has 1 heterocycles. The maximum atomic E-state index is 5.63. The highest BCUT2D eigenvalue weighted by atomic mass is 16.5. The molecule has 3 nitrogen and oxygen atoms in total. The van der Waals surface area contributed by atoms with Crippen molar-refractivity contribution in [2.45, 2.75) is 6.61 Å². The predicted octanol–water partition coefficient (Wildman–Crippen LogP) is 2.47. The maximum Gasteiger partial charge on any atom is 0.161 e. The van der Waals surface area contributed by atoms with Crippen molar-refractivity contribution in [3.05, 3.63) is 54.4 Å². The summed E-state index contributed by atoms with van der Waals surface area (Å²) >= 11 is 0. The topological polar surface area (TPSA) is 31.4 Å². The van der Waals surface area contributed by atoms with Gasteiger partial charge in [0, 0.05) is 18.0 Å². The van der Waals surface area contributed by atoms with Crippen LogP contribution in [0.3, 0.4) is 0 Å². The van der Waals surface area contributed by atoms with Crippen molar-refractivity contribution in [2.24, 2.45) is 0 Å². The van der Waals surface area contributed by atoms with E-state index in [0.29, 0.717) is 18.1 Å². The molecule has 0 bridgehead atoms. The van der Waals surface area contributed by atoms with E-state index < -0.39 is 0 Å². The molecule has 1 aromatic carbocycles. The Morgan fingerprint density at radius 1 is 1.31 bits per heavy atom. The normalized spacial score (nSPS) is 9.81. The average molecular weight is 214 g/mol. The standard InChI is InChI=1S/C13H12NO2/c1-15-12-6-2-3-7-13(12)16-10-11-5-4-8-14-9-11/h3-9H,10H2,1H3. The van der Waals surface area contributed by atoms with Crippen molar-refractivity contribution in [2.75, 3.05) is 7.11 Å². The highest BCUT2D eigenvalue weighted by Crippen LogP contribution is 2.26. The quantitative estimate of drug-likeness (QED) is 0.783. The van der Waals surface area contributed by atoms with E-state index in [1.807, 2.05) is 18.2 Å².